The number of hydrogen-bond acceptors (Lipinski definition) is 2. The Bertz CT molecular complexity index is 99.7. The maximum atomic E-state index is 10.9. The molecule has 54 valence electrons. The zero-order chi connectivity index (χ0) is 6.78. The molecule has 0 unspecified atom stereocenters. The quantitative estimate of drug-likeness (QED) is 0.557. The first-order valence-corrected chi connectivity index (χ1v) is 1.68. The molecule has 0 radical (unpaired) electrons. The summed E-state index contributed by atoms with van der Waals surface area (Å²) in [5.41, 5.74) is 0. The summed E-state index contributed by atoms with van der Waals surface area (Å²) < 4.78 is 35.4. The van der Waals surface area contributed by atoms with Crippen molar-refractivity contribution in [2.24, 2.45) is 0 Å². The molecule has 0 saturated carbocycles. The average Bonchev–Trinajstić information content (AvgIpc) is 1.21. The third-order valence-electron chi connectivity index (χ3n) is 0.259. The van der Waals surface area contributed by atoms with E-state index in [4.69, 9.17) is 0 Å². The van der Waals surface area contributed by atoms with Crippen molar-refractivity contribution in [3.8, 4) is 0 Å². The van der Waals surface area contributed by atoms with Crippen LogP contribution in [0.1, 0.15) is 6.92 Å². The van der Waals surface area contributed by atoms with Gasteiger partial charge in [-0.1, -0.05) is 0 Å². The fraction of sp³-hybridized carbons (Fsp3) is 0.667. The molecule has 0 atom stereocenters. The van der Waals surface area contributed by atoms with Crippen LogP contribution in [0, 0.1) is 0 Å². The van der Waals surface area contributed by atoms with Gasteiger partial charge in [-0.2, -0.15) is 0 Å². The van der Waals surface area contributed by atoms with Crippen molar-refractivity contribution in [3.05, 3.63) is 0 Å². The number of ether oxygens (including phenoxy) is 1. The van der Waals surface area contributed by atoms with Crippen LogP contribution in [0.3, 0.4) is 0 Å². The zero-order valence-electron chi connectivity index (χ0n) is 3.95. The average molecular weight is 246 g/mol. The molecule has 0 amide bonds. The van der Waals surface area contributed by atoms with Crippen LogP contribution in [0.5, 0.6) is 0 Å². The van der Waals surface area contributed by atoms with E-state index < -0.39 is 12.3 Å². The van der Waals surface area contributed by atoms with Crippen LogP contribution >= 0.6 is 0 Å². The topological polar surface area (TPSA) is 26.3 Å². The maximum absolute atomic E-state index is 10.9. The molecule has 0 aliphatic heterocycles. The van der Waals surface area contributed by atoms with E-state index in [1.54, 1.807) is 0 Å². The Kier molecular flexibility index (Phi) is 5.31. The molecule has 0 rings (SSSR count). The molecule has 9 heavy (non-hydrogen) atoms. The molecule has 0 saturated heterocycles. The summed E-state index contributed by atoms with van der Waals surface area (Å²) in [6.07, 6.45) is -4.83. The second-order valence-corrected chi connectivity index (χ2v) is 1.04. The molecule has 0 aliphatic rings. The van der Waals surface area contributed by atoms with Crippen molar-refractivity contribution in [2.75, 3.05) is 0 Å². The number of rotatable bonds is 0. The van der Waals surface area contributed by atoms with Crippen LogP contribution in [0.15, 0.2) is 0 Å². The van der Waals surface area contributed by atoms with E-state index in [1.165, 1.54) is 0 Å². The SMILES string of the molecule is CC(=O)OC(F)(F)F.[InH3]. The summed E-state index contributed by atoms with van der Waals surface area (Å²) >= 11 is 0. The van der Waals surface area contributed by atoms with Crippen LogP contribution in [0.4, 0.5) is 13.2 Å². The number of carbonyl (C=O) groups is 1. The minimum atomic E-state index is -4.83. The van der Waals surface area contributed by atoms with Gasteiger partial charge in [-0.05, 0) is 0 Å². The van der Waals surface area contributed by atoms with E-state index in [-0.39, 0.29) is 25.8 Å². The van der Waals surface area contributed by atoms with E-state index >= 15 is 0 Å². The molecule has 0 aromatic rings. The van der Waals surface area contributed by atoms with E-state index in [9.17, 15) is 18.0 Å². The number of alkyl halides is 3. The van der Waals surface area contributed by atoms with Crippen molar-refractivity contribution in [1.82, 2.24) is 0 Å². The second-order valence-electron chi connectivity index (χ2n) is 1.04. The number of carbonyl (C=O) groups excluding carboxylic acids is 1. The molecular weight excluding hydrogens is 240 g/mol. The summed E-state index contributed by atoms with van der Waals surface area (Å²) in [6, 6.07) is 0. The van der Waals surface area contributed by atoms with Gasteiger partial charge >= 0.3 is 38.2 Å². The molecule has 0 aliphatic carbocycles. The predicted molar refractivity (Wildman–Crippen MR) is 27.8 cm³/mol. The van der Waals surface area contributed by atoms with E-state index in [0.717, 1.165) is 0 Å². The summed E-state index contributed by atoms with van der Waals surface area (Å²) in [7, 11) is 0. The Hall–Kier alpha value is 0.130. The van der Waals surface area contributed by atoms with Crippen LogP contribution in [0.25, 0.3) is 0 Å². The van der Waals surface area contributed by atoms with Gasteiger partial charge in [0.1, 0.15) is 0 Å². The fourth-order valence-electron chi connectivity index (χ4n) is 0.163. The Labute approximate surface area is 68.1 Å². The number of hydrogen-bond donors (Lipinski definition) is 0. The first-order chi connectivity index (χ1) is 3.42. The first kappa shape index (κ1) is 11.9. The molecular formula is C3H6F3InO2. The summed E-state index contributed by atoms with van der Waals surface area (Å²) in [5, 5.41) is 0. The van der Waals surface area contributed by atoms with Crippen LogP contribution in [-0.4, -0.2) is 38.2 Å². The predicted octanol–water partition coefficient (Wildman–Crippen LogP) is -0.115. The molecule has 0 aromatic carbocycles. The number of esters is 1. The van der Waals surface area contributed by atoms with Crippen molar-refractivity contribution >= 4 is 31.8 Å². The molecule has 0 spiro atoms. The monoisotopic (exact) mass is 246 g/mol. The van der Waals surface area contributed by atoms with E-state index in [1.807, 2.05) is 0 Å². The van der Waals surface area contributed by atoms with Gasteiger partial charge in [0.2, 0.25) is 0 Å². The van der Waals surface area contributed by atoms with Gasteiger partial charge in [0.05, 0.1) is 0 Å². The van der Waals surface area contributed by atoms with Crippen molar-refractivity contribution < 1.29 is 22.7 Å². The molecule has 2 nitrogen and oxygen atoms in total. The summed E-state index contributed by atoms with van der Waals surface area (Å²) in [5.74, 6) is -1.35. The van der Waals surface area contributed by atoms with Gasteiger partial charge < -0.3 is 4.74 Å². The Balaban J connectivity index is 0. The molecule has 6 heteroatoms. The Morgan fingerprint density at radius 2 is 1.78 bits per heavy atom. The molecule has 0 aromatic heterocycles. The third kappa shape index (κ3) is 11.6. The Morgan fingerprint density at radius 1 is 1.44 bits per heavy atom. The van der Waals surface area contributed by atoms with E-state index in [2.05, 4.69) is 4.74 Å². The second kappa shape index (κ2) is 4.03. The van der Waals surface area contributed by atoms with Crippen LogP contribution in [-0.2, 0) is 9.53 Å². The Morgan fingerprint density at radius 3 is 1.78 bits per heavy atom. The van der Waals surface area contributed by atoms with Crippen LogP contribution in [0.2, 0.25) is 0 Å². The summed E-state index contributed by atoms with van der Waals surface area (Å²) in [4.78, 5) is 9.52. The third-order valence-corrected chi connectivity index (χ3v) is 0.259. The zero-order valence-corrected chi connectivity index (χ0v) is 3.95. The summed E-state index contributed by atoms with van der Waals surface area (Å²) in [6.45, 7) is 0.688. The van der Waals surface area contributed by atoms with Crippen LogP contribution < -0.4 is 0 Å². The van der Waals surface area contributed by atoms with Crippen molar-refractivity contribution in [3.63, 3.8) is 0 Å². The van der Waals surface area contributed by atoms with Gasteiger partial charge in [-0.3, -0.25) is 4.79 Å². The normalized spacial score (nSPS) is 9.78. The minimum absolute atomic E-state index is 0. The molecule has 0 heterocycles. The molecule has 0 N–H and O–H groups in total. The molecule has 0 bridgehead atoms. The van der Waals surface area contributed by atoms with Crippen molar-refractivity contribution in [1.29, 1.82) is 0 Å². The van der Waals surface area contributed by atoms with Gasteiger partial charge in [-0.25, -0.2) is 0 Å². The fourth-order valence-corrected chi connectivity index (χ4v) is 0.163. The van der Waals surface area contributed by atoms with Gasteiger partial charge in [0.25, 0.3) is 0 Å². The van der Waals surface area contributed by atoms with Gasteiger partial charge in [-0.15, -0.1) is 13.2 Å². The molecule has 0 fully saturated rings. The van der Waals surface area contributed by atoms with Crippen molar-refractivity contribution in [2.45, 2.75) is 13.3 Å². The number of halogens is 3. The van der Waals surface area contributed by atoms with Gasteiger partial charge in [0.15, 0.2) is 0 Å². The van der Waals surface area contributed by atoms with Gasteiger partial charge in [0, 0.05) is 6.92 Å². The standard InChI is InChI=1S/C3H3F3O2.In.3H/c1-2(7)8-3(4,5)6;;;;/h1H3;;;;. The first-order valence-electron chi connectivity index (χ1n) is 1.68. The van der Waals surface area contributed by atoms with E-state index in [0.29, 0.717) is 6.92 Å².